The van der Waals surface area contributed by atoms with Crippen LogP contribution in [-0.2, 0) is 6.54 Å². The maximum absolute atomic E-state index is 12.6. The van der Waals surface area contributed by atoms with Crippen molar-refractivity contribution >= 4 is 0 Å². The van der Waals surface area contributed by atoms with Gasteiger partial charge in [0.15, 0.2) is 0 Å². The van der Waals surface area contributed by atoms with E-state index in [2.05, 4.69) is 19.2 Å². The molecule has 106 valence electrons. The summed E-state index contributed by atoms with van der Waals surface area (Å²) in [7, 11) is 0. The van der Waals surface area contributed by atoms with Gasteiger partial charge in [0, 0.05) is 18.2 Å². The zero-order valence-corrected chi connectivity index (χ0v) is 11.8. The summed E-state index contributed by atoms with van der Waals surface area (Å²) in [6, 6.07) is 7.22. The lowest BCUT2D eigenvalue weighted by Gasteiger charge is -2.35. The predicted octanol–water partition coefficient (Wildman–Crippen LogP) is 4.68. The molecule has 1 aliphatic carbocycles. The highest BCUT2D eigenvalue weighted by molar-refractivity contribution is 5.24. The third-order valence-corrected chi connectivity index (χ3v) is 4.00. The monoisotopic (exact) mass is 267 g/mol. The molecule has 1 aromatic carbocycles. The average Bonchev–Trinajstić information content (AvgIpc) is 2.35. The number of alkyl halides is 2. The number of halogens is 2. The Morgan fingerprint density at radius 2 is 2.16 bits per heavy atom. The van der Waals surface area contributed by atoms with E-state index in [-0.39, 0.29) is 5.56 Å². The van der Waals surface area contributed by atoms with Crippen molar-refractivity contribution in [1.29, 1.82) is 0 Å². The molecule has 1 fully saturated rings. The first-order chi connectivity index (χ1) is 8.96. The summed E-state index contributed by atoms with van der Waals surface area (Å²) in [4.78, 5) is 0. The van der Waals surface area contributed by atoms with E-state index in [0.29, 0.717) is 18.0 Å². The maximum Gasteiger partial charge on any atom is 0.263 e. The lowest BCUT2D eigenvalue weighted by Crippen LogP contribution is -2.36. The summed E-state index contributed by atoms with van der Waals surface area (Å²) in [5, 5.41) is 3.51. The Bertz CT molecular complexity index is 415. The molecule has 0 bridgehead atoms. The zero-order chi connectivity index (χ0) is 13.9. The molecule has 1 aromatic rings. The molecule has 2 rings (SSSR count). The van der Waals surface area contributed by atoms with Crippen LogP contribution in [0.15, 0.2) is 24.3 Å². The standard InChI is InChI=1S/C16H23F2N/c1-16(2)8-4-7-14(10-16)19-11-12-5-3-6-13(9-12)15(17)18/h3,5-6,9,14-15,19H,4,7-8,10-11H2,1-2H3. The number of hydrogen-bond acceptors (Lipinski definition) is 1. The van der Waals surface area contributed by atoms with Crippen LogP contribution in [0.2, 0.25) is 0 Å². The Balaban J connectivity index is 1.90. The zero-order valence-electron chi connectivity index (χ0n) is 11.8. The van der Waals surface area contributed by atoms with E-state index in [0.717, 1.165) is 5.56 Å². The van der Waals surface area contributed by atoms with E-state index in [4.69, 9.17) is 0 Å². The van der Waals surface area contributed by atoms with Gasteiger partial charge in [0.2, 0.25) is 0 Å². The van der Waals surface area contributed by atoms with E-state index in [9.17, 15) is 8.78 Å². The fraction of sp³-hybridized carbons (Fsp3) is 0.625. The van der Waals surface area contributed by atoms with Crippen molar-refractivity contribution in [2.24, 2.45) is 5.41 Å². The summed E-state index contributed by atoms with van der Waals surface area (Å²) in [5.41, 5.74) is 1.46. The number of hydrogen-bond donors (Lipinski definition) is 1. The van der Waals surface area contributed by atoms with Gasteiger partial charge in [0.05, 0.1) is 0 Å². The summed E-state index contributed by atoms with van der Waals surface area (Å²) >= 11 is 0. The SMILES string of the molecule is CC1(C)CCCC(NCc2cccc(C(F)F)c2)C1. The second-order valence-corrected chi connectivity index (χ2v) is 6.38. The highest BCUT2D eigenvalue weighted by atomic mass is 19.3. The van der Waals surface area contributed by atoms with E-state index < -0.39 is 6.43 Å². The minimum absolute atomic E-state index is 0.114. The molecule has 3 heteroatoms. The number of benzene rings is 1. The average molecular weight is 267 g/mol. The molecule has 0 aliphatic heterocycles. The van der Waals surface area contributed by atoms with Crippen LogP contribution in [0.25, 0.3) is 0 Å². The van der Waals surface area contributed by atoms with Crippen molar-refractivity contribution in [3.8, 4) is 0 Å². The first kappa shape index (κ1) is 14.4. The van der Waals surface area contributed by atoms with Gasteiger partial charge in [-0.05, 0) is 36.3 Å². The topological polar surface area (TPSA) is 12.0 Å². The van der Waals surface area contributed by atoms with Crippen LogP contribution in [0.1, 0.15) is 57.1 Å². The highest BCUT2D eigenvalue weighted by Gasteiger charge is 2.27. The first-order valence-electron chi connectivity index (χ1n) is 7.07. The molecular formula is C16H23F2N. The third kappa shape index (κ3) is 4.27. The summed E-state index contributed by atoms with van der Waals surface area (Å²) in [5.74, 6) is 0. The van der Waals surface area contributed by atoms with Gasteiger partial charge in [-0.25, -0.2) is 8.78 Å². The maximum atomic E-state index is 12.6. The van der Waals surface area contributed by atoms with Gasteiger partial charge in [-0.15, -0.1) is 0 Å². The molecule has 0 heterocycles. The van der Waals surface area contributed by atoms with Crippen LogP contribution in [0, 0.1) is 5.41 Å². The fourth-order valence-corrected chi connectivity index (χ4v) is 2.97. The Morgan fingerprint density at radius 3 is 2.84 bits per heavy atom. The molecule has 1 unspecified atom stereocenters. The van der Waals surface area contributed by atoms with Crippen molar-refractivity contribution in [3.63, 3.8) is 0 Å². The number of rotatable bonds is 4. The largest absolute Gasteiger partial charge is 0.310 e. The van der Waals surface area contributed by atoms with Crippen LogP contribution in [0.4, 0.5) is 8.78 Å². The Labute approximate surface area is 114 Å². The molecule has 0 spiro atoms. The van der Waals surface area contributed by atoms with Gasteiger partial charge in [0.25, 0.3) is 6.43 Å². The Kier molecular flexibility index (Phi) is 4.56. The Morgan fingerprint density at radius 1 is 1.37 bits per heavy atom. The van der Waals surface area contributed by atoms with Gasteiger partial charge >= 0.3 is 0 Å². The van der Waals surface area contributed by atoms with E-state index in [1.54, 1.807) is 12.1 Å². The second kappa shape index (κ2) is 6.00. The lowest BCUT2D eigenvalue weighted by atomic mass is 9.75. The van der Waals surface area contributed by atoms with Crippen LogP contribution < -0.4 is 5.32 Å². The third-order valence-electron chi connectivity index (χ3n) is 4.00. The van der Waals surface area contributed by atoms with Gasteiger partial charge < -0.3 is 5.32 Å². The molecule has 1 aliphatic rings. The van der Waals surface area contributed by atoms with Crippen molar-refractivity contribution in [1.82, 2.24) is 5.32 Å². The normalized spacial score (nSPS) is 22.7. The molecule has 1 N–H and O–H groups in total. The number of nitrogens with one attached hydrogen (secondary N) is 1. The molecule has 1 saturated carbocycles. The highest BCUT2D eigenvalue weighted by Crippen LogP contribution is 2.35. The van der Waals surface area contributed by atoms with Crippen molar-refractivity contribution in [2.45, 2.75) is 58.5 Å². The smallest absolute Gasteiger partial charge is 0.263 e. The van der Waals surface area contributed by atoms with Crippen molar-refractivity contribution in [3.05, 3.63) is 35.4 Å². The van der Waals surface area contributed by atoms with Crippen LogP contribution in [0.5, 0.6) is 0 Å². The molecule has 0 saturated heterocycles. The van der Waals surface area contributed by atoms with E-state index in [1.807, 2.05) is 6.07 Å². The van der Waals surface area contributed by atoms with Crippen LogP contribution in [-0.4, -0.2) is 6.04 Å². The van der Waals surface area contributed by atoms with Crippen LogP contribution >= 0.6 is 0 Å². The first-order valence-corrected chi connectivity index (χ1v) is 7.07. The quantitative estimate of drug-likeness (QED) is 0.835. The lowest BCUT2D eigenvalue weighted by molar-refractivity contribution is 0.151. The predicted molar refractivity (Wildman–Crippen MR) is 74.3 cm³/mol. The van der Waals surface area contributed by atoms with E-state index >= 15 is 0 Å². The molecular weight excluding hydrogens is 244 g/mol. The van der Waals surface area contributed by atoms with Gasteiger partial charge in [-0.1, -0.05) is 38.5 Å². The summed E-state index contributed by atoms with van der Waals surface area (Å²) in [6.45, 7) is 5.29. The Hall–Kier alpha value is -0.960. The molecule has 1 nitrogen and oxygen atoms in total. The molecule has 0 aromatic heterocycles. The molecule has 0 amide bonds. The van der Waals surface area contributed by atoms with Gasteiger partial charge in [0.1, 0.15) is 0 Å². The van der Waals surface area contributed by atoms with E-state index in [1.165, 1.54) is 31.7 Å². The fourth-order valence-electron chi connectivity index (χ4n) is 2.97. The second-order valence-electron chi connectivity index (χ2n) is 6.38. The summed E-state index contributed by atoms with van der Waals surface area (Å²) in [6.07, 6.45) is 2.52. The molecule has 1 atom stereocenters. The van der Waals surface area contributed by atoms with Crippen molar-refractivity contribution in [2.75, 3.05) is 0 Å². The minimum atomic E-state index is -2.38. The van der Waals surface area contributed by atoms with Gasteiger partial charge in [-0.2, -0.15) is 0 Å². The molecule has 0 radical (unpaired) electrons. The van der Waals surface area contributed by atoms with Crippen molar-refractivity contribution < 1.29 is 8.78 Å². The van der Waals surface area contributed by atoms with Crippen LogP contribution in [0.3, 0.4) is 0 Å². The summed E-state index contributed by atoms with van der Waals surface area (Å²) < 4.78 is 25.2. The minimum Gasteiger partial charge on any atom is -0.310 e. The van der Waals surface area contributed by atoms with Gasteiger partial charge in [-0.3, -0.25) is 0 Å². The molecule has 19 heavy (non-hydrogen) atoms.